The van der Waals surface area contributed by atoms with E-state index in [1.165, 1.54) is 22.3 Å². The van der Waals surface area contributed by atoms with Crippen LogP contribution in [-0.4, -0.2) is 17.5 Å². The first-order valence-electron chi connectivity index (χ1n) is 7.11. The fourth-order valence-corrected chi connectivity index (χ4v) is 3.20. The number of allylic oxidation sites excluding steroid dienone is 2. The van der Waals surface area contributed by atoms with Crippen molar-refractivity contribution in [2.24, 2.45) is 16.3 Å². The van der Waals surface area contributed by atoms with Crippen molar-refractivity contribution >= 4 is 11.5 Å². The van der Waals surface area contributed by atoms with E-state index >= 15 is 0 Å². The van der Waals surface area contributed by atoms with Gasteiger partial charge in [-0.3, -0.25) is 9.79 Å². The number of nitrogens with zero attached hydrogens (tertiary/aromatic N) is 1. The fourth-order valence-electron chi connectivity index (χ4n) is 3.20. The van der Waals surface area contributed by atoms with Crippen molar-refractivity contribution in [3.05, 3.63) is 22.3 Å². The molecule has 19 heavy (non-hydrogen) atoms. The lowest BCUT2D eigenvalue weighted by Gasteiger charge is -2.38. The zero-order chi connectivity index (χ0) is 14.5. The van der Waals surface area contributed by atoms with Crippen molar-refractivity contribution in [2.45, 2.75) is 60.9 Å². The molecule has 0 amide bonds. The highest BCUT2D eigenvalue weighted by atomic mass is 16.1. The molecular formula is C17H25NO. The molecule has 2 aliphatic rings. The fraction of sp³-hybridized carbons (Fsp3) is 0.647. The lowest BCUT2D eigenvalue weighted by Crippen LogP contribution is -2.41. The van der Waals surface area contributed by atoms with E-state index in [0.29, 0.717) is 6.42 Å². The van der Waals surface area contributed by atoms with Gasteiger partial charge in [-0.05, 0) is 44.4 Å². The van der Waals surface area contributed by atoms with Gasteiger partial charge in [0.2, 0.25) is 0 Å². The molecule has 0 fully saturated rings. The maximum Gasteiger partial charge on any atom is 0.177 e. The quantitative estimate of drug-likeness (QED) is 0.643. The molecule has 1 aliphatic heterocycles. The molecule has 0 N–H and O–H groups in total. The smallest absolute Gasteiger partial charge is 0.177 e. The van der Waals surface area contributed by atoms with Gasteiger partial charge in [-0.2, -0.15) is 0 Å². The maximum absolute atomic E-state index is 12.4. The standard InChI is InChI=1S/C17H25NO/c1-9-10(2)12(4)15-13(11(9)3)8-14(19)16(18-15)17(5,6)7/h13,15H,8H2,1-7H3. The topological polar surface area (TPSA) is 29.4 Å². The molecule has 2 atom stereocenters. The van der Waals surface area contributed by atoms with Crippen LogP contribution < -0.4 is 0 Å². The van der Waals surface area contributed by atoms with Gasteiger partial charge in [-0.1, -0.05) is 26.3 Å². The van der Waals surface area contributed by atoms with E-state index in [0.717, 1.165) is 5.71 Å². The number of fused-ring (bicyclic) bond motifs is 1. The third kappa shape index (κ3) is 2.22. The Morgan fingerprint density at radius 2 is 1.53 bits per heavy atom. The van der Waals surface area contributed by atoms with Crippen molar-refractivity contribution in [2.75, 3.05) is 0 Å². The summed E-state index contributed by atoms with van der Waals surface area (Å²) in [5.41, 5.74) is 6.00. The minimum Gasteiger partial charge on any atom is -0.293 e. The van der Waals surface area contributed by atoms with Gasteiger partial charge in [0.05, 0.1) is 11.8 Å². The number of hydrogen-bond donors (Lipinski definition) is 0. The van der Waals surface area contributed by atoms with E-state index in [-0.39, 0.29) is 23.2 Å². The summed E-state index contributed by atoms with van der Waals surface area (Å²) < 4.78 is 0. The number of carbonyl (C=O) groups excluding carboxylic acids is 1. The Morgan fingerprint density at radius 1 is 1.00 bits per heavy atom. The molecule has 0 spiro atoms. The van der Waals surface area contributed by atoms with Gasteiger partial charge < -0.3 is 0 Å². The zero-order valence-electron chi connectivity index (χ0n) is 13.2. The van der Waals surface area contributed by atoms with Gasteiger partial charge in [0.25, 0.3) is 0 Å². The predicted molar refractivity (Wildman–Crippen MR) is 80.5 cm³/mol. The second-order valence-corrected chi connectivity index (χ2v) is 7.02. The van der Waals surface area contributed by atoms with E-state index in [1.807, 2.05) is 0 Å². The summed E-state index contributed by atoms with van der Waals surface area (Å²) in [5.74, 6) is 0.510. The molecule has 0 saturated carbocycles. The first-order chi connectivity index (χ1) is 8.64. The molecule has 0 aromatic rings. The SMILES string of the molecule is CC1=C(C)C2CC(=O)C(C(C)(C)C)=NC2C(C)=C1C. The minimum absolute atomic E-state index is 0.152. The number of carbonyl (C=O) groups is 1. The van der Waals surface area contributed by atoms with Crippen LogP contribution in [0.4, 0.5) is 0 Å². The van der Waals surface area contributed by atoms with Gasteiger partial charge >= 0.3 is 0 Å². The number of hydrogen-bond acceptors (Lipinski definition) is 2. The highest BCUT2D eigenvalue weighted by molar-refractivity contribution is 6.42. The van der Waals surface area contributed by atoms with Crippen LogP contribution in [0, 0.1) is 11.3 Å². The van der Waals surface area contributed by atoms with Crippen molar-refractivity contribution in [1.29, 1.82) is 0 Å². The van der Waals surface area contributed by atoms with Crippen LogP contribution in [0.3, 0.4) is 0 Å². The van der Waals surface area contributed by atoms with E-state index < -0.39 is 0 Å². The highest BCUT2D eigenvalue weighted by Gasteiger charge is 2.40. The summed E-state index contributed by atoms with van der Waals surface area (Å²) in [7, 11) is 0. The van der Waals surface area contributed by atoms with E-state index in [4.69, 9.17) is 4.99 Å². The Morgan fingerprint density at radius 3 is 2.05 bits per heavy atom. The van der Waals surface area contributed by atoms with Crippen LogP contribution in [0.1, 0.15) is 54.9 Å². The molecule has 0 bridgehead atoms. The van der Waals surface area contributed by atoms with Gasteiger partial charge in [-0.25, -0.2) is 0 Å². The van der Waals surface area contributed by atoms with Crippen LogP contribution in [0.2, 0.25) is 0 Å². The third-order valence-electron chi connectivity index (χ3n) is 4.77. The summed E-state index contributed by atoms with van der Waals surface area (Å²) in [4.78, 5) is 17.2. The molecule has 0 saturated heterocycles. The van der Waals surface area contributed by atoms with E-state index in [2.05, 4.69) is 48.5 Å². The molecule has 1 heterocycles. The van der Waals surface area contributed by atoms with Crippen molar-refractivity contribution in [3.8, 4) is 0 Å². The Labute approximate surface area is 116 Å². The lowest BCUT2D eigenvalue weighted by molar-refractivity contribution is -0.114. The number of ketones is 1. The molecule has 104 valence electrons. The van der Waals surface area contributed by atoms with Crippen LogP contribution in [0.25, 0.3) is 0 Å². The number of rotatable bonds is 0. The van der Waals surface area contributed by atoms with Gasteiger partial charge in [-0.15, -0.1) is 0 Å². The minimum atomic E-state index is -0.152. The Balaban J connectivity index is 2.55. The molecule has 2 heteroatoms. The summed E-state index contributed by atoms with van der Waals surface area (Å²) in [6, 6.07) is 0.177. The van der Waals surface area contributed by atoms with Gasteiger partial charge in [0.1, 0.15) is 0 Å². The second-order valence-electron chi connectivity index (χ2n) is 7.02. The van der Waals surface area contributed by atoms with Crippen LogP contribution in [0.5, 0.6) is 0 Å². The lowest BCUT2D eigenvalue weighted by atomic mass is 9.71. The van der Waals surface area contributed by atoms with Crippen LogP contribution in [0.15, 0.2) is 27.3 Å². The predicted octanol–water partition coefficient (Wildman–Crippen LogP) is 4.12. The van der Waals surface area contributed by atoms with Crippen molar-refractivity contribution in [3.63, 3.8) is 0 Å². The highest BCUT2D eigenvalue weighted by Crippen LogP contribution is 2.41. The second kappa shape index (κ2) is 4.43. The van der Waals surface area contributed by atoms with Gasteiger partial charge in [0.15, 0.2) is 5.78 Å². The largest absolute Gasteiger partial charge is 0.293 e. The molecule has 0 aromatic heterocycles. The molecule has 0 aromatic carbocycles. The van der Waals surface area contributed by atoms with Crippen LogP contribution >= 0.6 is 0 Å². The monoisotopic (exact) mass is 259 g/mol. The Hall–Kier alpha value is -1.18. The molecule has 2 rings (SSSR count). The summed E-state index contributed by atoms with van der Waals surface area (Å²) >= 11 is 0. The molecule has 2 nitrogen and oxygen atoms in total. The first kappa shape index (κ1) is 14.2. The average molecular weight is 259 g/mol. The molecule has 2 unspecified atom stereocenters. The van der Waals surface area contributed by atoms with Crippen molar-refractivity contribution in [1.82, 2.24) is 0 Å². The molecular weight excluding hydrogens is 234 g/mol. The summed E-state index contributed by atoms with van der Waals surface area (Å²) in [5, 5.41) is 0. The van der Waals surface area contributed by atoms with E-state index in [1.54, 1.807) is 0 Å². The summed E-state index contributed by atoms with van der Waals surface area (Å²) in [6.45, 7) is 14.9. The molecule has 0 radical (unpaired) electrons. The molecule has 1 aliphatic carbocycles. The Bertz CT molecular complexity index is 526. The van der Waals surface area contributed by atoms with Crippen molar-refractivity contribution < 1.29 is 4.79 Å². The van der Waals surface area contributed by atoms with E-state index in [9.17, 15) is 4.79 Å². The Kier molecular flexibility index (Phi) is 3.32. The first-order valence-corrected chi connectivity index (χ1v) is 7.11. The summed E-state index contributed by atoms with van der Waals surface area (Å²) in [6.07, 6.45) is 0.620. The van der Waals surface area contributed by atoms with Crippen LogP contribution in [-0.2, 0) is 4.79 Å². The third-order valence-corrected chi connectivity index (χ3v) is 4.77. The number of Topliss-reactive ketones (excluding diaryl/α,β-unsaturated/α-hetero) is 1. The number of aliphatic imine (C=N–C) groups is 1. The maximum atomic E-state index is 12.4. The zero-order valence-corrected chi connectivity index (χ0v) is 13.2. The van der Waals surface area contributed by atoms with Gasteiger partial charge in [0, 0.05) is 17.8 Å². The normalized spacial score (nSPS) is 28.6. The average Bonchev–Trinajstić information content (AvgIpc) is 2.31.